The Bertz CT molecular complexity index is 963. The van der Waals surface area contributed by atoms with Crippen LogP contribution in [0.2, 0.25) is 5.02 Å². The summed E-state index contributed by atoms with van der Waals surface area (Å²) in [5.74, 6) is -0.971. The molecular weight excluding hydrogens is 411 g/mol. The highest BCUT2D eigenvalue weighted by molar-refractivity contribution is 6.30. The third-order valence-electron chi connectivity index (χ3n) is 6.07. The molecule has 0 aliphatic heterocycles. The number of amides is 1. The van der Waals surface area contributed by atoms with Gasteiger partial charge in [0.1, 0.15) is 11.6 Å². The third kappa shape index (κ3) is 3.15. The fourth-order valence-electron chi connectivity index (χ4n) is 4.57. The summed E-state index contributed by atoms with van der Waals surface area (Å²) < 4.78 is 49.8. The molecule has 0 spiro atoms. The van der Waals surface area contributed by atoms with Crippen LogP contribution in [0.5, 0.6) is 5.75 Å². The van der Waals surface area contributed by atoms with Crippen LogP contribution in [0, 0.1) is 11.7 Å². The molecule has 2 bridgehead atoms. The fraction of sp³-hybridized carbons (Fsp3) is 0.526. The van der Waals surface area contributed by atoms with Crippen molar-refractivity contribution in [2.24, 2.45) is 5.92 Å². The number of carbonyl (C=O) groups excluding carboxylic acids is 1. The van der Waals surface area contributed by atoms with E-state index >= 15 is 0 Å². The number of alkyl halides is 2. The van der Waals surface area contributed by atoms with Crippen molar-refractivity contribution in [2.45, 2.75) is 49.0 Å². The molecule has 10 heteroatoms. The van der Waals surface area contributed by atoms with Gasteiger partial charge in [0.15, 0.2) is 6.61 Å². The first-order valence-corrected chi connectivity index (χ1v) is 9.68. The fourth-order valence-corrected chi connectivity index (χ4v) is 4.69. The van der Waals surface area contributed by atoms with Crippen molar-refractivity contribution in [2.75, 3.05) is 6.61 Å². The molecule has 4 aliphatic carbocycles. The van der Waals surface area contributed by atoms with E-state index in [9.17, 15) is 18.0 Å². The van der Waals surface area contributed by atoms with Crippen molar-refractivity contribution in [1.82, 2.24) is 15.5 Å². The standard InChI is InChI=1S/C19H17ClF3N3O3/c20-12-2-1-9(3-13(12)21)28-5-14(27)24-19-6-18(7-19,8-19)17-26-25-16(29-17)11-4-10(11)15(22)23/h1-3,10-11,15H,4-8H2,(H,24,27)/t10-,11+,18?,19?/m1/s1. The van der Waals surface area contributed by atoms with E-state index in [1.807, 2.05) is 0 Å². The van der Waals surface area contributed by atoms with E-state index in [0.29, 0.717) is 31.6 Å². The molecule has 4 fully saturated rings. The Morgan fingerprint density at radius 1 is 1.34 bits per heavy atom. The van der Waals surface area contributed by atoms with Gasteiger partial charge < -0.3 is 14.5 Å². The zero-order valence-electron chi connectivity index (χ0n) is 15.1. The Hall–Kier alpha value is -2.29. The van der Waals surface area contributed by atoms with Crippen molar-refractivity contribution in [1.29, 1.82) is 0 Å². The van der Waals surface area contributed by atoms with Crippen molar-refractivity contribution in [3.63, 3.8) is 0 Å². The Morgan fingerprint density at radius 2 is 2.10 bits per heavy atom. The van der Waals surface area contributed by atoms with Gasteiger partial charge in [0.2, 0.25) is 18.2 Å². The predicted molar refractivity (Wildman–Crippen MR) is 94.5 cm³/mol. The summed E-state index contributed by atoms with van der Waals surface area (Å²) in [4.78, 5) is 12.2. The van der Waals surface area contributed by atoms with E-state index in [4.69, 9.17) is 20.8 Å². The maximum atomic E-state index is 13.4. The van der Waals surface area contributed by atoms with Crippen molar-refractivity contribution in [3.05, 3.63) is 40.8 Å². The van der Waals surface area contributed by atoms with Crippen LogP contribution in [0.1, 0.15) is 43.4 Å². The topological polar surface area (TPSA) is 77.2 Å². The second kappa shape index (κ2) is 6.35. The van der Waals surface area contributed by atoms with Gasteiger partial charge in [0.25, 0.3) is 5.91 Å². The van der Waals surface area contributed by atoms with Crippen LogP contribution < -0.4 is 10.1 Å². The van der Waals surface area contributed by atoms with Gasteiger partial charge in [-0.2, -0.15) is 0 Å². The Balaban J connectivity index is 1.12. The zero-order chi connectivity index (χ0) is 20.4. The first-order chi connectivity index (χ1) is 13.8. The Labute approximate surface area is 168 Å². The molecule has 2 atom stereocenters. The summed E-state index contributed by atoms with van der Waals surface area (Å²) in [5.41, 5.74) is -0.598. The number of halogens is 4. The Kier molecular flexibility index (Phi) is 4.10. The minimum absolute atomic E-state index is 0.0171. The number of benzene rings is 1. The van der Waals surface area contributed by atoms with Crippen LogP contribution in [-0.2, 0) is 10.2 Å². The summed E-state index contributed by atoms with van der Waals surface area (Å²) in [5, 5.41) is 10.9. The van der Waals surface area contributed by atoms with Crippen molar-refractivity contribution < 1.29 is 27.1 Å². The van der Waals surface area contributed by atoms with Crippen LogP contribution in [0.4, 0.5) is 13.2 Å². The molecule has 6 rings (SSSR count). The Morgan fingerprint density at radius 3 is 2.76 bits per heavy atom. The van der Waals surface area contributed by atoms with Gasteiger partial charge in [-0.3, -0.25) is 4.79 Å². The molecule has 6 nitrogen and oxygen atoms in total. The molecule has 1 amide bonds. The number of nitrogens with one attached hydrogen (secondary N) is 1. The second-order valence-electron chi connectivity index (χ2n) is 8.29. The lowest BCUT2D eigenvalue weighted by atomic mass is 9.39. The zero-order valence-corrected chi connectivity index (χ0v) is 15.9. The van der Waals surface area contributed by atoms with Gasteiger partial charge in [-0.15, -0.1) is 10.2 Å². The highest BCUT2D eigenvalue weighted by Gasteiger charge is 2.72. The number of ether oxygens (including phenoxy) is 1. The first-order valence-electron chi connectivity index (χ1n) is 9.30. The average molecular weight is 428 g/mol. The second-order valence-corrected chi connectivity index (χ2v) is 8.70. The summed E-state index contributed by atoms with van der Waals surface area (Å²) in [6.07, 6.45) is -0.0108. The molecule has 1 aromatic heterocycles. The number of carbonyl (C=O) groups is 1. The lowest BCUT2D eigenvalue weighted by molar-refractivity contribution is -0.143. The molecule has 4 aliphatic rings. The lowest BCUT2D eigenvalue weighted by Crippen LogP contribution is -2.77. The molecule has 2 aromatic rings. The van der Waals surface area contributed by atoms with Crippen LogP contribution in [-0.4, -0.2) is 34.7 Å². The SMILES string of the molecule is O=C(COc1ccc(Cl)c(F)c1)NC12CC(c3nnc([C@H]4C[C@H]4C(F)F)o3)(C1)C2. The normalized spacial score (nSPS) is 31.8. The number of hydrogen-bond acceptors (Lipinski definition) is 5. The lowest BCUT2D eigenvalue weighted by Gasteiger charge is -2.68. The molecule has 0 unspecified atom stereocenters. The highest BCUT2D eigenvalue weighted by atomic mass is 35.5. The van der Waals surface area contributed by atoms with Crippen LogP contribution in [0.25, 0.3) is 0 Å². The maximum absolute atomic E-state index is 13.4. The molecule has 4 saturated carbocycles. The molecular formula is C19H17ClF3N3O3. The average Bonchev–Trinajstić information content (AvgIpc) is 3.28. The third-order valence-corrected chi connectivity index (χ3v) is 6.38. The van der Waals surface area contributed by atoms with Crippen LogP contribution >= 0.6 is 11.6 Å². The van der Waals surface area contributed by atoms with Gasteiger partial charge in [0, 0.05) is 23.4 Å². The van der Waals surface area contributed by atoms with Crippen molar-refractivity contribution in [3.8, 4) is 5.75 Å². The van der Waals surface area contributed by atoms with E-state index in [1.54, 1.807) is 0 Å². The predicted octanol–water partition coefficient (Wildman–Crippen LogP) is 3.60. The number of nitrogens with zero attached hydrogens (tertiary/aromatic N) is 2. The summed E-state index contributed by atoms with van der Waals surface area (Å²) in [7, 11) is 0. The minimum atomic E-state index is -2.37. The molecule has 0 saturated heterocycles. The summed E-state index contributed by atoms with van der Waals surface area (Å²) in [6.45, 7) is -0.239. The monoisotopic (exact) mass is 427 g/mol. The quantitative estimate of drug-likeness (QED) is 0.730. The molecule has 1 heterocycles. The summed E-state index contributed by atoms with van der Waals surface area (Å²) >= 11 is 5.61. The first kappa shape index (κ1) is 18.7. The van der Waals surface area contributed by atoms with E-state index in [0.717, 1.165) is 6.07 Å². The molecule has 1 aromatic carbocycles. The van der Waals surface area contributed by atoms with E-state index in [1.165, 1.54) is 12.1 Å². The van der Waals surface area contributed by atoms with Gasteiger partial charge in [-0.25, -0.2) is 13.2 Å². The van der Waals surface area contributed by atoms with Gasteiger partial charge in [-0.1, -0.05) is 11.6 Å². The molecule has 1 N–H and O–H groups in total. The van der Waals surface area contributed by atoms with Crippen LogP contribution in [0.3, 0.4) is 0 Å². The molecule has 29 heavy (non-hydrogen) atoms. The molecule has 154 valence electrons. The van der Waals surface area contributed by atoms with E-state index in [2.05, 4.69) is 15.5 Å². The van der Waals surface area contributed by atoms with E-state index < -0.39 is 18.2 Å². The van der Waals surface area contributed by atoms with Gasteiger partial charge >= 0.3 is 0 Å². The maximum Gasteiger partial charge on any atom is 0.258 e. The highest BCUT2D eigenvalue weighted by Crippen LogP contribution is 2.67. The smallest absolute Gasteiger partial charge is 0.258 e. The van der Waals surface area contributed by atoms with E-state index in [-0.39, 0.29) is 46.0 Å². The number of aromatic nitrogens is 2. The van der Waals surface area contributed by atoms with Gasteiger partial charge in [-0.05, 0) is 37.8 Å². The van der Waals surface area contributed by atoms with Gasteiger partial charge in [0.05, 0.1) is 10.4 Å². The summed E-state index contributed by atoms with van der Waals surface area (Å²) in [6, 6.07) is 3.97. The minimum Gasteiger partial charge on any atom is -0.484 e. The largest absolute Gasteiger partial charge is 0.484 e. The number of hydrogen-bond donors (Lipinski definition) is 1. The van der Waals surface area contributed by atoms with Crippen LogP contribution in [0.15, 0.2) is 22.6 Å². The number of rotatable bonds is 7. The van der Waals surface area contributed by atoms with Crippen molar-refractivity contribution >= 4 is 17.5 Å². The molecule has 0 radical (unpaired) electrons.